The zero-order chi connectivity index (χ0) is 16.3. The van der Waals surface area contributed by atoms with Crippen LogP contribution >= 0.6 is 0 Å². The van der Waals surface area contributed by atoms with Gasteiger partial charge in [0.15, 0.2) is 0 Å². The summed E-state index contributed by atoms with van der Waals surface area (Å²) in [5, 5.41) is 13.0. The van der Waals surface area contributed by atoms with Gasteiger partial charge in [-0.2, -0.15) is 0 Å². The average Bonchev–Trinajstić information content (AvgIpc) is 3.02. The Morgan fingerprint density at radius 1 is 1.32 bits per heavy atom. The average molecular weight is 312 g/mol. The van der Waals surface area contributed by atoms with Gasteiger partial charge in [-0.15, -0.1) is 0 Å². The molecule has 2 rings (SSSR count). The maximum Gasteiger partial charge on any atom is 0.410 e. The van der Waals surface area contributed by atoms with Crippen LogP contribution in [0.2, 0.25) is 0 Å². The molecule has 0 aromatic heterocycles. The highest BCUT2D eigenvalue weighted by atomic mass is 16.6. The van der Waals surface area contributed by atoms with Crippen molar-refractivity contribution in [3.63, 3.8) is 0 Å². The van der Waals surface area contributed by atoms with Crippen molar-refractivity contribution in [2.45, 2.75) is 83.6 Å². The third kappa shape index (κ3) is 4.59. The Balaban J connectivity index is 1.98. The summed E-state index contributed by atoms with van der Waals surface area (Å²) >= 11 is 0. The molecule has 0 radical (unpaired) electrons. The fourth-order valence-corrected chi connectivity index (χ4v) is 3.81. The maximum atomic E-state index is 12.4. The molecule has 3 unspecified atom stereocenters. The SMILES string of the molecule is C[C@@H](O)CNC1CCCC1C1CCCN1C(=O)OC(C)(C)C. The lowest BCUT2D eigenvalue weighted by atomic mass is 9.92. The highest BCUT2D eigenvalue weighted by Crippen LogP contribution is 2.36. The molecule has 1 amide bonds. The summed E-state index contributed by atoms with van der Waals surface area (Å²) in [6.45, 7) is 8.98. The molecule has 2 N–H and O–H groups in total. The smallest absolute Gasteiger partial charge is 0.410 e. The minimum atomic E-state index is -0.441. The molecule has 1 saturated carbocycles. The second-order valence-electron chi connectivity index (χ2n) is 7.84. The Bertz CT molecular complexity index is 379. The molecule has 2 aliphatic rings. The van der Waals surface area contributed by atoms with Gasteiger partial charge in [0, 0.05) is 25.2 Å². The number of aliphatic hydroxyl groups is 1. The van der Waals surface area contributed by atoms with E-state index in [0.29, 0.717) is 18.5 Å². The van der Waals surface area contributed by atoms with Crippen LogP contribution in [0.4, 0.5) is 4.79 Å². The van der Waals surface area contributed by atoms with Crippen molar-refractivity contribution < 1.29 is 14.6 Å². The zero-order valence-electron chi connectivity index (χ0n) is 14.5. The van der Waals surface area contributed by atoms with Crippen molar-refractivity contribution in [3.05, 3.63) is 0 Å². The number of aliphatic hydroxyl groups excluding tert-OH is 1. The van der Waals surface area contributed by atoms with Gasteiger partial charge in [0.2, 0.25) is 0 Å². The first-order valence-corrected chi connectivity index (χ1v) is 8.69. The molecule has 1 aliphatic heterocycles. The van der Waals surface area contributed by atoms with Gasteiger partial charge < -0.3 is 20.1 Å². The summed E-state index contributed by atoms with van der Waals surface area (Å²) in [5.74, 6) is 0.480. The van der Waals surface area contributed by atoms with E-state index in [0.717, 1.165) is 32.2 Å². The summed E-state index contributed by atoms with van der Waals surface area (Å²) in [6, 6.07) is 0.687. The van der Waals surface area contributed by atoms with Gasteiger partial charge in [-0.05, 0) is 59.3 Å². The van der Waals surface area contributed by atoms with Crippen LogP contribution in [0.3, 0.4) is 0 Å². The normalized spacial score (nSPS) is 30.6. The quantitative estimate of drug-likeness (QED) is 0.837. The number of hydrogen-bond acceptors (Lipinski definition) is 4. The predicted octanol–water partition coefficient (Wildman–Crippen LogP) is 2.53. The topological polar surface area (TPSA) is 61.8 Å². The molecule has 5 nitrogen and oxygen atoms in total. The van der Waals surface area contributed by atoms with Gasteiger partial charge in [-0.3, -0.25) is 0 Å². The Morgan fingerprint density at radius 2 is 2.05 bits per heavy atom. The van der Waals surface area contributed by atoms with Crippen LogP contribution in [0.1, 0.15) is 59.8 Å². The van der Waals surface area contributed by atoms with Crippen LogP contribution in [-0.4, -0.2) is 53.0 Å². The van der Waals surface area contributed by atoms with E-state index in [9.17, 15) is 9.90 Å². The van der Waals surface area contributed by atoms with Crippen molar-refractivity contribution in [1.29, 1.82) is 0 Å². The highest BCUT2D eigenvalue weighted by Gasteiger charge is 2.41. The van der Waals surface area contributed by atoms with Crippen LogP contribution in [0.25, 0.3) is 0 Å². The minimum Gasteiger partial charge on any atom is -0.444 e. The lowest BCUT2D eigenvalue weighted by molar-refractivity contribution is 0.0164. The fraction of sp³-hybridized carbons (Fsp3) is 0.941. The lowest BCUT2D eigenvalue weighted by Gasteiger charge is -2.34. The number of rotatable bonds is 4. The molecule has 2 fully saturated rings. The van der Waals surface area contributed by atoms with E-state index in [4.69, 9.17) is 4.74 Å². The number of likely N-dealkylation sites (tertiary alicyclic amines) is 1. The van der Waals surface area contributed by atoms with E-state index >= 15 is 0 Å². The molecular formula is C17H32N2O3. The van der Waals surface area contributed by atoms with Gasteiger partial charge >= 0.3 is 6.09 Å². The number of carbonyl (C=O) groups is 1. The monoisotopic (exact) mass is 312 g/mol. The van der Waals surface area contributed by atoms with Crippen LogP contribution in [0.15, 0.2) is 0 Å². The molecule has 1 saturated heterocycles. The Kier molecular flexibility index (Phi) is 5.72. The number of nitrogens with zero attached hydrogens (tertiary/aromatic N) is 1. The molecule has 5 heteroatoms. The number of hydrogen-bond donors (Lipinski definition) is 2. The Labute approximate surface area is 134 Å². The third-order valence-electron chi connectivity index (χ3n) is 4.67. The van der Waals surface area contributed by atoms with Gasteiger partial charge in [0.05, 0.1) is 6.10 Å². The first-order chi connectivity index (χ1) is 10.3. The van der Waals surface area contributed by atoms with E-state index in [1.807, 2.05) is 25.7 Å². The first kappa shape index (κ1) is 17.5. The zero-order valence-corrected chi connectivity index (χ0v) is 14.5. The Hall–Kier alpha value is -0.810. The summed E-state index contributed by atoms with van der Waals surface area (Å²) < 4.78 is 5.57. The van der Waals surface area contributed by atoms with E-state index < -0.39 is 5.60 Å². The molecule has 0 aromatic rings. The molecule has 0 bridgehead atoms. The molecule has 0 aromatic carbocycles. The first-order valence-electron chi connectivity index (χ1n) is 8.69. The molecule has 0 spiro atoms. The van der Waals surface area contributed by atoms with Crippen molar-refractivity contribution in [2.24, 2.45) is 5.92 Å². The molecule has 22 heavy (non-hydrogen) atoms. The van der Waals surface area contributed by atoms with Crippen molar-refractivity contribution >= 4 is 6.09 Å². The van der Waals surface area contributed by atoms with E-state index in [-0.39, 0.29) is 18.2 Å². The number of ether oxygens (including phenoxy) is 1. The number of carbonyl (C=O) groups excluding carboxylic acids is 1. The minimum absolute atomic E-state index is 0.170. The van der Waals surface area contributed by atoms with Gasteiger partial charge in [0.25, 0.3) is 0 Å². The van der Waals surface area contributed by atoms with E-state index in [1.54, 1.807) is 6.92 Å². The number of amides is 1. The molecule has 4 atom stereocenters. The largest absolute Gasteiger partial charge is 0.444 e. The fourth-order valence-electron chi connectivity index (χ4n) is 3.81. The standard InChI is InChI=1S/C17H32N2O3/c1-12(20)11-18-14-8-5-7-13(14)15-9-6-10-19(15)16(21)22-17(2,3)4/h12-15,18,20H,5-11H2,1-4H3/t12-,13?,14?,15?/m1/s1. The Morgan fingerprint density at radius 3 is 2.68 bits per heavy atom. The molecule has 1 heterocycles. The van der Waals surface area contributed by atoms with E-state index in [1.165, 1.54) is 6.42 Å². The second-order valence-corrected chi connectivity index (χ2v) is 7.84. The van der Waals surface area contributed by atoms with Gasteiger partial charge in [-0.25, -0.2) is 4.79 Å². The number of nitrogens with one attached hydrogen (secondary N) is 1. The van der Waals surface area contributed by atoms with Crippen LogP contribution in [-0.2, 0) is 4.74 Å². The van der Waals surface area contributed by atoms with Crippen LogP contribution < -0.4 is 5.32 Å². The maximum absolute atomic E-state index is 12.4. The van der Waals surface area contributed by atoms with Gasteiger partial charge in [0.1, 0.15) is 5.60 Å². The predicted molar refractivity (Wildman–Crippen MR) is 86.8 cm³/mol. The van der Waals surface area contributed by atoms with Crippen molar-refractivity contribution in [2.75, 3.05) is 13.1 Å². The van der Waals surface area contributed by atoms with Crippen LogP contribution in [0.5, 0.6) is 0 Å². The second kappa shape index (κ2) is 7.18. The molecular weight excluding hydrogens is 280 g/mol. The summed E-state index contributed by atoms with van der Waals surface area (Å²) in [5.41, 5.74) is -0.441. The summed E-state index contributed by atoms with van der Waals surface area (Å²) in [7, 11) is 0. The summed E-state index contributed by atoms with van der Waals surface area (Å²) in [6.07, 6.45) is 5.11. The van der Waals surface area contributed by atoms with Crippen LogP contribution in [0, 0.1) is 5.92 Å². The third-order valence-corrected chi connectivity index (χ3v) is 4.67. The molecule has 128 valence electrons. The molecule has 1 aliphatic carbocycles. The lowest BCUT2D eigenvalue weighted by Crippen LogP contribution is -2.48. The summed E-state index contributed by atoms with van der Waals surface area (Å²) in [4.78, 5) is 14.4. The van der Waals surface area contributed by atoms with E-state index in [2.05, 4.69) is 5.32 Å². The van der Waals surface area contributed by atoms with Crippen molar-refractivity contribution in [1.82, 2.24) is 10.2 Å². The van der Waals surface area contributed by atoms with Crippen molar-refractivity contribution in [3.8, 4) is 0 Å². The highest BCUT2D eigenvalue weighted by molar-refractivity contribution is 5.69. The van der Waals surface area contributed by atoms with Gasteiger partial charge in [-0.1, -0.05) is 6.42 Å².